The van der Waals surface area contributed by atoms with Crippen molar-refractivity contribution < 1.29 is 0 Å². The smallest absolute Gasteiger partial charge is 0.0794 e. The van der Waals surface area contributed by atoms with E-state index >= 15 is 0 Å². The Morgan fingerprint density at radius 1 is 0.259 bits per heavy atom. The van der Waals surface area contributed by atoms with Gasteiger partial charge < -0.3 is 0 Å². The van der Waals surface area contributed by atoms with Crippen LogP contribution in [0.3, 0.4) is 0 Å². The van der Waals surface area contributed by atoms with Gasteiger partial charge in [-0.2, -0.15) is 0 Å². The standard InChI is InChI=1S/C54H34N4/c1-3-16-44-42(14-1)43-15-2-4-17-45(43)53-52(44)46-18-5-6-21-49(46)58-54(53)40-13-11-12-39(32-40)51-34-41(35-22-24-36(25-23-35)47-19-7-9-30-55-47)33-50(57-51)38-28-26-37(27-29-38)48-20-8-10-31-56-48/h1-34H. The quantitative estimate of drug-likeness (QED) is 0.159. The Morgan fingerprint density at radius 3 is 1.34 bits per heavy atom. The maximum absolute atomic E-state index is 5.43. The molecule has 0 aliphatic heterocycles. The highest BCUT2D eigenvalue weighted by molar-refractivity contribution is 6.33. The zero-order chi connectivity index (χ0) is 38.4. The lowest BCUT2D eigenvalue weighted by Gasteiger charge is -2.17. The van der Waals surface area contributed by atoms with Gasteiger partial charge in [0.25, 0.3) is 0 Å². The molecular formula is C54H34N4. The molecule has 0 saturated carbocycles. The van der Waals surface area contributed by atoms with Gasteiger partial charge in [0.05, 0.1) is 34.0 Å². The molecule has 4 nitrogen and oxygen atoms in total. The molecule has 0 aliphatic carbocycles. The van der Waals surface area contributed by atoms with Gasteiger partial charge in [-0.1, -0.05) is 146 Å². The Bertz CT molecular complexity index is 3200. The number of rotatable bonds is 6. The lowest BCUT2D eigenvalue weighted by atomic mass is 9.89. The molecule has 58 heavy (non-hydrogen) atoms. The minimum atomic E-state index is 0.886. The summed E-state index contributed by atoms with van der Waals surface area (Å²) >= 11 is 0. The molecule has 270 valence electrons. The molecule has 4 aromatic heterocycles. The van der Waals surface area contributed by atoms with Gasteiger partial charge in [0.2, 0.25) is 0 Å². The summed E-state index contributed by atoms with van der Waals surface area (Å²) in [6, 6.07) is 68.3. The van der Waals surface area contributed by atoms with Crippen molar-refractivity contribution in [2.75, 3.05) is 0 Å². The van der Waals surface area contributed by atoms with E-state index in [4.69, 9.17) is 9.97 Å². The molecule has 0 atom stereocenters. The molecule has 0 amide bonds. The number of nitrogens with zero attached hydrogens (tertiary/aromatic N) is 4. The average molecular weight is 739 g/mol. The van der Waals surface area contributed by atoms with Crippen molar-refractivity contribution in [3.8, 4) is 67.4 Å². The second-order valence-corrected chi connectivity index (χ2v) is 14.6. The third kappa shape index (κ3) is 5.87. The fraction of sp³-hybridized carbons (Fsp3) is 0. The van der Waals surface area contributed by atoms with Crippen LogP contribution in [0.2, 0.25) is 0 Å². The predicted molar refractivity (Wildman–Crippen MR) is 240 cm³/mol. The lowest BCUT2D eigenvalue weighted by Crippen LogP contribution is -1.94. The Balaban J connectivity index is 1.10. The first-order valence-corrected chi connectivity index (χ1v) is 19.5. The van der Waals surface area contributed by atoms with Crippen LogP contribution in [-0.2, 0) is 0 Å². The van der Waals surface area contributed by atoms with E-state index in [-0.39, 0.29) is 0 Å². The highest BCUT2D eigenvalue weighted by Gasteiger charge is 2.18. The van der Waals surface area contributed by atoms with E-state index in [0.717, 1.165) is 83.7 Å². The molecule has 0 spiro atoms. The first kappa shape index (κ1) is 33.5. The molecule has 0 radical (unpaired) electrons. The van der Waals surface area contributed by atoms with Crippen LogP contribution in [0.5, 0.6) is 0 Å². The maximum atomic E-state index is 5.43. The van der Waals surface area contributed by atoms with Gasteiger partial charge in [-0.25, -0.2) is 9.97 Å². The van der Waals surface area contributed by atoms with Crippen LogP contribution in [-0.4, -0.2) is 19.9 Å². The van der Waals surface area contributed by atoms with Gasteiger partial charge in [0.1, 0.15) is 0 Å². The van der Waals surface area contributed by atoms with Crippen LogP contribution in [0.15, 0.2) is 207 Å². The minimum Gasteiger partial charge on any atom is -0.256 e. The van der Waals surface area contributed by atoms with Gasteiger partial charge in [-0.15, -0.1) is 0 Å². The van der Waals surface area contributed by atoms with E-state index in [0.29, 0.717) is 0 Å². The number of benzene rings is 7. The molecule has 7 aromatic carbocycles. The number of pyridine rings is 4. The summed E-state index contributed by atoms with van der Waals surface area (Å²) in [4.78, 5) is 19.9. The summed E-state index contributed by atoms with van der Waals surface area (Å²) in [7, 11) is 0. The SMILES string of the molecule is c1ccc(-c2ccc(-c3cc(-c4ccc(-c5ccccn5)cc4)nc(-c4cccc(-c5nc6ccccc6c6c7ccccc7c7ccccc7c56)c4)c3)cc2)nc1. The van der Waals surface area contributed by atoms with Crippen LogP contribution in [0.25, 0.3) is 111 Å². The Labute approximate surface area is 335 Å². The lowest BCUT2D eigenvalue weighted by molar-refractivity contribution is 1.31. The summed E-state index contributed by atoms with van der Waals surface area (Å²) in [5.74, 6) is 0. The molecular weight excluding hydrogens is 705 g/mol. The van der Waals surface area contributed by atoms with Gasteiger partial charge in [-0.05, 0) is 81.2 Å². The monoisotopic (exact) mass is 738 g/mol. The molecule has 0 saturated heterocycles. The third-order valence-electron chi connectivity index (χ3n) is 11.2. The van der Waals surface area contributed by atoms with Gasteiger partial charge in [-0.3, -0.25) is 9.97 Å². The van der Waals surface area contributed by atoms with E-state index in [1.54, 1.807) is 0 Å². The van der Waals surface area contributed by atoms with Crippen molar-refractivity contribution in [1.82, 2.24) is 19.9 Å². The van der Waals surface area contributed by atoms with Crippen LogP contribution in [0.1, 0.15) is 0 Å². The summed E-state index contributed by atoms with van der Waals surface area (Å²) in [5, 5.41) is 8.44. The molecule has 0 N–H and O–H groups in total. The Kier molecular flexibility index (Phi) is 8.11. The van der Waals surface area contributed by atoms with E-state index < -0.39 is 0 Å². The molecule has 11 rings (SSSR count). The highest BCUT2D eigenvalue weighted by atomic mass is 14.7. The Hall–Kier alpha value is -7.82. The van der Waals surface area contributed by atoms with Crippen LogP contribution in [0.4, 0.5) is 0 Å². The van der Waals surface area contributed by atoms with Crippen molar-refractivity contribution >= 4 is 43.2 Å². The van der Waals surface area contributed by atoms with E-state index in [1.807, 2.05) is 48.8 Å². The van der Waals surface area contributed by atoms with E-state index in [2.05, 4.69) is 168 Å². The summed E-state index contributed by atoms with van der Waals surface area (Å²) in [5.41, 5.74) is 13.0. The van der Waals surface area contributed by atoms with E-state index in [9.17, 15) is 0 Å². The van der Waals surface area contributed by atoms with Crippen LogP contribution in [0, 0.1) is 0 Å². The van der Waals surface area contributed by atoms with Gasteiger partial charge in [0.15, 0.2) is 0 Å². The fourth-order valence-electron chi connectivity index (χ4n) is 8.37. The molecule has 0 aliphatic rings. The Morgan fingerprint density at radius 2 is 0.741 bits per heavy atom. The van der Waals surface area contributed by atoms with Crippen molar-refractivity contribution in [3.05, 3.63) is 207 Å². The van der Waals surface area contributed by atoms with Crippen molar-refractivity contribution in [3.63, 3.8) is 0 Å². The third-order valence-corrected chi connectivity index (χ3v) is 11.2. The molecule has 0 fully saturated rings. The molecule has 4 heterocycles. The van der Waals surface area contributed by atoms with Crippen molar-refractivity contribution in [1.29, 1.82) is 0 Å². The minimum absolute atomic E-state index is 0.886. The largest absolute Gasteiger partial charge is 0.256 e. The number of hydrogen-bond donors (Lipinski definition) is 0. The first-order chi connectivity index (χ1) is 28.7. The van der Waals surface area contributed by atoms with Gasteiger partial charge >= 0.3 is 0 Å². The molecule has 4 heteroatoms. The fourth-order valence-corrected chi connectivity index (χ4v) is 8.37. The molecule has 11 aromatic rings. The average Bonchev–Trinajstić information content (AvgIpc) is 3.31. The van der Waals surface area contributed by atoms with Gasteiger partial charge in [0, 0.05) is 56.4 Å². The summed E-state index contributed by atoms with van der Waals surface area (Å²) in [6.07, 6.45) is 3.66. The van der Waals surface area contributed by atoms with Crippen LogP contribution >= 0.6 is 0 Å². The van der Waals surface area contributed by atoms with Crippen molar-refractivity contribution in [2.45, 2.75) is 0 Å². The number of fused-ring (bicyclic) bond motifs is 8. The first-order valence-electron chi connectivity index (χ1n) is 19.5. The zero-order valence-electron chi connectivity index (χ0n) is 31.4. The normalized spacial score (nSPS) is 11.4. The van der Waals surface area contributed by atoms with Crippen molar-refractivity contribution in [2.24, 2.45) is 0 Å². The number of para-hydroxylation sites is 1. The number of hydrogen-bond acceptors (Lipinski definition) is 4. The predicted octanol–water partition coefficient (Wildman–Crippen LogP) is 13.9. The van der Waals surface area contributed by atoms with Crippen LogP contribution < -0.4 is 0 Å². The highest BCUT2D eigenvalue weighted by Crippen LogP contribution is 2.43. The molecule has 0 unspecified atom stereocenters. The second-order valence-electron chi connectivity index (χ2n) is 14.6. The second kappa shape index (κ2) is 14.0. The topological polar surface area (TPSA) is 51.6 Å². The zero-order valence-corrected chi connectivity index (χ0v) is 31.4. The summed E-state index contributed by atoms with van der Waals surface area (Å²) < 4.78 is 0. The maximum Gasteiger partial charge on any atom is 0.0794 e. The van der Waals surface area contributed by atoms with E-state index in [1.165, 1.54) is 26.9 Å². The number of aromatic nitrogens is 4. The molecule has 0 bridgehead atoms. The summed E-state index contributed by atoms with van der Waals surface area (Å²) in [6.45, 7) is 0.